The number of sulfonamides is 1. The minimum absolute atomic E-state index is 0.0898. The highest BCUT2D eigenvalue weighted by Crippen LogP contribution is 2.30. The normalized spacial score (nSPS) is 16.9. The zero-order valence-corrected chi connectivity index (χ0v) is 17.2. The summed E-state index contributed by atoms with van der Waals surface area (Å²) in [7, 11) is -1.73. The lowest BCUT2D eigenvalue weighted by atomic mass is 10.1. The van der Waals surface area contributed by atoms with E-state index in [0.29, 0.717) is 35.9 Å². The number of hydrogen-bond acceptors (Lipinski definition) is 5. The Labute approximate surface area is 159 Å². The highest BCUT2D eigenvalue weighted by atomic mass is 79.9. The van der Waals surface area contributed by atoms with Gasteiger partial charge in [-0.25, -0.2) is 8.42 Å². The largest absolute Gasteiger partial charge is 0.490 e. The number of nitrogens with zero attached hydrogens (tertiary/aromatic N) is 2. The molecular formula is C16H19BrN2O4S2. The van der Waals surface area contributed by atoms with Crippen LogP contribution in [0.25, 0.3) is 0 Å². The summed E-state index contributed by atoms with van der Waals surface area (Å²) in [6, 6.07) is 6.66. The third kappa shape index (κ3) is 3.99. The third-order valence-electron chi connectivity index (χ3n) is 4.32. The smallest absolute Gasteiger partial charge is 0.254 e. The van der Waals surface area contributed by atoms with Crippen LogP contribution in [0.4, 0.5) is 0 Å². The van der Waals surface area contributed by atoms with Crippen molar-refractivity contribution in [3.8, 4) is 5.75 Å². The van der Waals surface area contributed by atoms with Crippen molar-refractivity contribution >= 4 is 37.3 Å². The molecule has 1 fully saturated rings. The summed E-state index contributed by atoms with van der Waals surface area (Å²) in [6.07, 6.45) is 1.10. The maximum absolute atomic E-state index is 12.6. The molecular weight excluding hydrogens is 428 g/mol. The monoisotopic (exact) mass is 446 g/mol. The molecule has 1 saturated heterocycles. The Morgan fingerprint density at radius 3 is 2.48 bits per heavy atom. The Balaban J connectivity index is 1.65. The Hall–Kier alpha value is -1.16. The van der Waals surface area contributed by atoms with Gasteiger partial charge in [-0.1, -0.05) is 0 Å². The van der Waals surface area contributed by atoms with Crippen LogP contribution in [0.2, 0.25) is 0 Å². The quantitative estimate of drug-likeness (QED) is 0.723. The number of ether oxygens (including phenoxy) is 1. The molecule has 0 saturated carbocycles. The Morgan fingerprint density at radius 1 is 1.24 bits per heavy atom. The summed E-state index contributed by atoms with van der Waals surface area (Å²) in [6.45, 7) is 2.67. The molecule has 3 rings (SSSR count). The molecule has 1 aliphatic rings. The van der Waals surface area contributed by atoms with Crippen LogP contribution in [-0.2, 0) is 17.1 Å². The van der Waals surface area contributed by atoms with Gasteiger partial charge in [-0.3, -0.25) is 4.79 Å². The van der Waals surface area contributed by atoms with Crippen molar-refractivity contribution in [1.82, 2.24) is 8.87 Å². The van der Waals surface area contributed by atoms with Crippen LogP contribution in [-0.4, -0.2) is 36.5 Å². The molecule has 0 amide bonds. The van der Waals surface area contributed by atoms with Gasteiger partial charge in [0.15, 0.2) is 0 Å². The van der Waals surface area contributed by atoms with E-state index >= 15 is 0 Å². The number of aromatic nitrogens is 1. The van der Waals surface area contributed by atoms with Crippen molar-refractivity contribution in [3.63, 3.8) is 0 Å². The van der Waals surface area contributed by atoms with E-state index in [1.54, 1.807) is 23.7 Å². The average molecular weight is 447 g/mol. The maximum Gasteiger partial charge on any atom is 0.254 e. The molecule has 0 N–H and O–H groups in total. The van der Waals surface area contributed by atoms with Crippen LogP contribution < -0.4 is 10.3 Å². The number of pyridine rings is 1. The summed E-state index contributed by atoms with van der Waals surface area (Å²) in [5.74, 6) is 0.545. The van der Waals surface area contributed by atoms with Crippen LogP contribution in [0.15, 0.2) is 37.1 Å². The molecule has 0 atom stereocenters. The first-order valence-corrected chi connectivity index (χ1v) is 10.9. The van der Waals surface area contributed by atoms with Gasteiger partial charge in [0.25, 0.3) is 15.6 Å². The molecule has 0 bridgehead atoms. The first-order chi connectivity index (χ1) is 11.8. The number of halogens is 1. The van der Waals surface area contributed by atoms with Gasteiger partial charge in [-0.2, -0.15) is 4.31 Å². The van der Waals surface area contributed by atoms with E-state index in [-0.39, 0.29) is 11.7 Å². The maximum atomic E-state index is 12.6. The van der Waals surface area contributed by atoms with E-state index < -0.39 is 10.0 Å². The molecule has 1 aliphatic heterocycles. The second kappa shape index (κ2) is 7.22. The van der Waals surface area contributed by atoms with Gasteiger partial charge in [0.2, 0.25) is 0 Å². The van der Waals surface area contributed by atoms with Crippen LogP contribution in [0.1, 0.15) is 18.5 Å². The predicted molar refractivity (Wildman–Crippen MR) is 101 cm³/mol. The van der Waals surface area contributed by atoms with Crippen molar-refractivity contribution in [2.75, 3.05) is 13.1 Å². The molecule has 25 heavy (non-hydrogen) atoms. The van der Waals surface area contributed by atoms with Gasteiger partial charge in [0.05, 0.1) is 3.79 Å². The molecule has 136 valence electrons. The van der Waals surface area contributed by atoms with Gasteiger partial charge >= 0.3 is 0 Å². The molecule has 0 radical (unpaired) electrons. The Bertz CT molecular complexity index is 928. The lowest BCUT2D eigenvalue weighted by molar-refractivity contribution is 0.135. The fraction of sp³-hybridized carbons (Fsp3) is 0.438. The SMILES string of the molecule is Cc1cc(OC2CCN(S(=O)(=O)c3ccc(Br)s3)CC2)cc(=O)n1C. The first kappa shape index (κ1) is 18.6. The van der Waals surface area contributed by atoms with Gasteiger partial charge in [0, 0.05) is 31.9 Å². The zero-order chi connectivity index (χ0) is 18.2. The third-order valence-corrected chi connectivity index (χ3v) is 8.31. The molecule has 2 aromatic rings. The minimum Gasteiger partial charge on any atom is -0.490 e. The average Bonchev–Trinajstić information content (AvgIpc) is 3.00. The number of rotatable bonds is 4. The molecule has 3 heterocycles. The van der Waals surface area contributed by atoms with E-state index in [1.807, 2.05) is 13.0 Å². The number of thiophene rings is 1. The number of aryl methyl sites for hydroxylation is 1. The topological polar surface area (TPSA) is 68.6 Å². The van der Waals surface area contributed by atoms with Crippen molar-refractivity contribution in [1.29, 1.82) is 0 Å². The summed E-state index contributed by atoms with van der Waals surface area (Å²) in [4.78, 5) is 11.8. The Morgan fingerprint density at radius 2 is 1.92 bits per heavy atom. The molecule has 0 aromatic carbocycles. The van der Waals surface area contributed by atoms with E-state index in [0.717, 1.165) is 9.48 Å². The summed E-state index contributed by atoms with van der Waals surface area (Å²) >= 11 is 4.52. The second-order valence-electron chi connectivity index (χ2n) is 6.01. The Kier molecular flexibility index (Phi) is 5.38. The highest BCUT2D eigenvalue weighted by Gasteiger charge is 2.31. The fourth-order valence-corrected chi connectivity index (χ4v) is 6.39. The van der Waals surface area contributed by atoms with Crippen LogP contribution >= 0.6 is 27.3 Å². The van der Waals surface area contributed by atoms with Crippen LogP contribution in [0, 0.1) is 6.92 Å². The lowest BCUT2D eigenvalue weighted by Crippen LogP contribution is -2.41. The molecule has 6 nitrogen and oxygen atoms in total. The fourth-order valence-electron chi connectivity index (χ4n) is 2.75. The van der Waals surface area contributed by atoms with Crippen LogP contribution in [0.3, 0.4) is 0 Å². The summed E-state index contributed by atoms with van der Waals surface area (Å²) in [5, 5.41) is 0. The summed E-state index contributed by atoms with van der Waals surface area (Å²) < 4.78 is 35.4. The standard InChI is InChI=1S/C16H19BrN2O4S2/c1-11-9-13(10-15(20)18(11)2)23-12-5-7-19(8-6-12)25(21,22)16-4-3-14(17)24-16/h3-4,9-10,12H,5-8H2,1-2H3. The first-order valence-electron chi connectivity index (χ1n) is 7.87. The second-order valence-corrected chi connectivity index (χ2v) is 10.6. The molecule has 0 aliphatic carbocycles. The van der Waals surface area contributed by atoms with E-state index in [4.69, 9.17) is 4.74 Å². The minimum atomic E-state index is -3.44. The van der Waals surface area contributed by atoms with Gasteiger partial charge in [-0.15, -0.1) is 11.3 Å². The van der Waals surface area contributed by atoms with Crippen molar-refractivity contribution in [2.24, 2.45) is 7.05 Å². The van der Waals surface area contributed by atoms with Gasteiger partial charge in [-0.05, 0) is 53.9 Å². The van der Waals surface area contributed by atoms with Gasteiger partial charge < -0.3 is 9.30 Å². The van der Waals surface area contributed by atoms with Crippen molar-refractivity contribution < 1.29 is 13.2 Å². The van der Waals surface area contributed by atoms with Crippen molar-refractivity contribution in [3.05, 3.63) is 44.1 Å². The van der Waals surface area contributed by atoms with Crippen molar-refractivity contribution in [2.45, 2.75) is 30.1 Å². The highest BCUT2D eigenvalue weighted by molar-refractivity contribution is 9.11. The molecule has 2 aromatic heterocycles. The number of piperidine rings is 1. The number of hydrogen-bond donors (Lipinski definition) is 0. The van der Waals surface area contributed by atoms with Gasteiger partial charge in [0.1, 0.15) is 16.1 Å². The lowest BCUT2D eigenvalue weighted by Gasteiger charge is -2.31. The van der Waals surface area contributed by atoms with E-state index in [2.05, 4.69) is 15.9 Å². The van der Waals surface area contributed by atoms with Crippen LogP contribution in [0.5, 0.6) is 5.75 Å². The van der Waals surface area contributed by atoms with E-state index in [9.17, 15) is 13.2 Å². The van der Waals surface area contributed by atoms with E-state index in [1.165, 1.54) is 21.7 Å². The molecule has 9 heteroatoms. The zero-order valence-electron chi connectivity index (χ0n) is 13.9. The molecule has 0 spiro atoms. The molecule has 0 unspecified atom stereocenters. The summed E-state index contributed by atoms with van der Waals surface area (Å²) in [5.41, 5.74) is 0.712. The predicted octanol–water partition coefficient (Wildman–Crippen LogP) is 2.75.